The van der Waals surface area contributed by atoms with Crippen LogP contribution in [0.3, 0.4) is 0 Å². The number of amides is 2. The van der Waals surface area contributed by atoms with Gasteiger partial charge in [-0.15, -0.1) is 0 Å². The smallest absolute Gasteiger partial charge is 0.409 e. The number of rotatable bonds is 6. The second kappa shape index (κ2) is 9.96. The number of carbonyl (C=O) groups excluding carboxylic acids is 2. The summed E-state index contributed by atoms with van der Waals surface area (Å²) < 4.78 is 29.1. The van der Waals surface area contributed by atoms with Crippen molar-refractivity contribution >= 4 is 28.6 Å². The van der Waals surface area contributed by atoms with Crippen LogP contribution in [0.5, 0.6) is 0 Å². The summed E-state index contributed by atoms with van der Waals surface area (Å²) in [6.07, 6.45) is 5.67. The van der Waals surface area contributed by atoms with E-state index in [4.69, 9.17) is 4.74 Å². The molecular formula is C20H29N3O5S. The van der Waals surface area contributed by atoms with Crippen LogP contribution in [0, 0.1) is 5.92 Å². The molecule has 8 nitrogen and oxygen atoms in total. The molecule has 29 heavy (non-hydrogen) atoms. The lowest BCUT2D eigenvalue weighted by Gasteiger charge is -2.39. The average Bonchev–Trinajstić information content (AvgIpc) is 3.21. The van der Waals surface area contributed by atoms with E-state index in [0.29, 0.717) is 43.4 Å². The summed E-state index contributed by atoms with van der Waals surface area (Å²) in [6, 6.07) is 6.18. The number of nitrogens with zero attached hydrogens (tertiary/aromatic N) is 2. The van der Waals surface area contributed by atoms with Crippen molar-refractivity contribution in [2.45, 2.75) is 45.1 Å². The Morgan fingerprint density at radius 2 is 1.83 bits per heavy atom. The van der Waals surface area contributed by atoms with Gasteiger partial charge in [-0.25, -0.2) is 13.2 Å². The highest BCUT2D eigenvalue weighted by atomic mass is 32.2. The van der Waals surface area contributed by atoms with Crippen molar-refractivity contribution in [1.29, 1.82) is 0 Å². The topological polar surface area (TPSA) is 96.0 Å². The summed E-state index contributed by atoms with van der Waals surface area (Å²) in [5, 5.41) is 0. The van der Waals surface area contributed by atoms with Gasteiger partial charge in [-0.05, 0) is 43.5 Å². The third-order valence-corrected chi connectivity index (χ3v) is 6.17. The van der Waals surface area contributed by atoms with E-state index < -0.39 is 10.9 Å². The fraction of sp³-hybridized carbons (Fsp3) is 0.600. The van der Waals surface area contributed by atoms with Crippen LogP contribution in [0.4, 0.5) is 10.5 Å². The first-order valence-electron chi connectivity index (χ1n) is 10.2. The first-order valence-corrected chi connectivity index (χ1v) is 11.4. The Bertz CT molecular complexity index is 782. The third-order valence-electron chi connectivity index (χ3n) is 5.73. The van der Waals surface area contributed by atoms with Crippen LogP contribution in [-0.2, 0) is 15.6 Å². The molecule has 3 rings (SSSR count). The van der Waals surface area contributed by atoms with Gasteiger partial charge >= 0.3 is 6.09 Å². The van der Waals surface area contributed by atoms with Gasteiger partial charge in [0.1, 0.15) is 0 Å². The number of hydrogen-bond acceptors (Lipinski definition) is 5. The average molecular weight is 424 g/mol. The Morgan fingerprint density at radius 1 is 1.14 bits per heavy atom. The number of benzene rings is 1. The zero-order valence-corrected chi connectivity index (χ0v) is 17.6. The Kier molecular flexibility index (Phi) is 7.35. The molecule has 1 atom stereocenters. The monoisotopic (exact) mass is 423 g/mol. The summed E-state index contributed by atoms with van der Waals surface area (Å²) in [4.78, 5) is 28.5. The van der Waals surface area contributed by atoms with E-state index >= 15 is 0 Å². The summed E-state index contributed by atoms with van der Waals surface area (Å²) in [7, 11) is -2.73. The number of piperazine rings is 1. The number of hydrogen-bond donors (Lipinski definition) is 2. The molecule has 0 unspecified atom stereocenters. The fourth-order valence-electron chi connectivity index (χ4n) is 4.09. The van der Waals surface area contributed by atoms with Gasteiger partial charge in [0, 0.05) is 36.9 Å². The molecule has 1 N–H and O–H groups in total. The van der Waals surface area contributed by atoms with Gasteiger partial charge < -0.3 is 14.5 Å². The van der Waals surface area contributed by atoms with Crippen molar-refractivity contribution in [1.82, 2.24) is 9.80 Å². The van der Waals surface area contributed by atoms with Crippen LogP contribution in [0.1, 0.15) is 49.4 Å². The Balaban J connectivity index is 1.48. The van der Waals surface area contributed by atoms with Gasteiger partial charge in [-0.1, -0.05) is 25.7 Å². The van der Waals surface area contributed by atoms with Crippen molar-refractivity contribution in [2.24, 2.45) is 5.92 Å². The quantitative estimate of drug-likeness (QED) is 0.686. The minimum Gasteiger partial charge on any atom is -0.449 e. The highest BCUT2D eigenvalue weighted by molar-refractivity contribution is 7.73. The van der Waals surface area contributed by atoms with Crippen LogP contribution < -0.4 is 4.72 Å². The maximum Gasteiger partial charge on any atom is 0.409 e. The van der Waals surface area contributed by atoms with Crippen molar-refractivity contribution in [3.05, 3.63) is 29.8 Å². The number of anilines is 1. The molecule has 2 amide bonds. The zero-order valence-electron chi connectivity index (χ0n) is 16.7. The normalized spacial score (nSPS) is 20.1. The third kappa shape index (κ3) is 5.85. The molecule has 9 heteroatoms. The number of ether oxygens (including phenoxy) is 1. The van der Waals surface area contributed by atoms with E-state index in [1.807, 2.05) is 6.92 Å². The van der Waals surface area contributed by atoms with Crippen molar-refractivity contribution < 1.29 is 22.7 Å². The van der Waals surface area contributed by atoms with Gasteiger partial charge in [-0.2, -0.15) is 0 Å². The summed E-state index contributed by atoms with van der Waals surface area (Å²) in [6.45, 7) is 3.68. The number of thiol groups is 1. The maximum absolute atomic E-state index is 12.8. The van der Waals surface area contributed by atoms with E-state index in [-0.39, 0.29) is 18.0 Å². The van der Waals surface area contributed by atoms with Gasteiger partial charge in [0.15, 0.2) is 0 Å². The Hall–Kier alpha value is -2.29. The molecule has 1 aromatic rings. The predicted molar refractivity (Wildman–Crippen MR) is 110 cm³/mol. The Morgan fingerprint density at radius 3 is 2.45 bits per heavy atom. The van der Waals surface area contributed by atoms with E-state index in [2.05, 4.69) is 4.72 Å². The molecule has 2 aliphatic rings. The SMILES string of the molecule is C[C@@H]1CN(C(=O)OCCC2CCCC2)CCN1C(=O)c1ccc(N[SH](=O)=O)cc1. The molecular weight excluding hydrogens is 394 g/mol. The largest absolute Gasteiger partial charge is 0.449 e. The van der Waals surface area contributed by atoms with Gasteiger partial charge in [0.25, 0.3) is 5.91 Å². The van der Waals surface area contributed by atoms with Crippen molar-refractivity contribution in [3.63, 3.8) is 0 Å². The van der Waals surface area contributed by atoms with E-state index in [1.165, 1.54) is 25.7 Å². The second-order valence-corrected chi connectivity index (χ2v) is 8.53. The lowest BCUT2D eigenvalue weighted by Crippen LogP contribution is -2.55. The summed E-state index contributed by atoms with van der Waals surface area (Å²) in [5.74, 6) is 0.553. The molecule has 0 aromatic heterocycles. The van der Waals surface area contributed by atoms with Crippen LogP contribution in [0.2, 0.25) is 0 Å². The van der Waals surface area contributed by atoms with Gasteiger partial charge in [0.05, 0.1) is 6.61 Å². The fourth-order valence-corrected chi connectivity index (χ4v) is 4.45. The first-order chi connectivity index (χ1) is 13.9. The molecule has 0 radical (unpaired) electrons. The summed E-state index contributed by atoms with van der Waals surface area (Å²) in [5.41, 5.74) is 0.895. The van der Waals surface area contributed by atoms with Crippen LogP contribution in [-0.4, -0.2) is 62.5 Å². The molecule has 1 aliphatic heterocycles. The highest BCUT2D eigenvalue weighted by Gasteiger charge is 2.31. The standard InChI is InChI=1S/C20H29N3O5S/c1-15-14-22(20(25)28-13-10-16-4-2-3-5-16)11-12-23(15)19(24)17-6-8-18(9-7-17)21-29(26)27/h6-9,15-16,29H,2-5,10-14H2,1H3,(H,21,26,27)/t15-/m1/s1. The zero-order chi connectivity index (χ0) is 20.8. The molecule has 1 saturated carbocycles. The molecule has 1 saturated heterocycles. The second-order valence-electron chi connectivity index (χ2n) is 7.79. The van der Waals surface area contributed by atoms with Crippen molar-refractivity contribution in [2.75, 3.05) is 31.0 Å². The number of nitrogens with one attached hydrogen (secondary N) is 1. The molecule has 1 heterocycles. The van der Waals surface area contributed by atoms with Gasteiger partial charge in [0.2, 0.25) is 10.9 Å². The predicted octanol–water partition coefficient (Wildman–Crippen LogP) is 2.49. The maximum atomic E-state index is 12.8. The first kappa shape index (κ1) is 21.4. The van der Waals surface area contributed by atoms with E-state index in [0.717, 1.165) is 6.42 Å². The molecule has 1 aromatic carbocycles. The molecule has 160 valence electrons. The van der Waals surface area contributed by atoms with E-state index in [1.54, 1.807) is 34.1 Å². The minimum absolute atomic E-state index is 0.132. The lowest BCUT2D eigenvalue weighted by atomic mass is 10.1. The molecule has 0 bridgehead atoms. The van der Waals surface area contributed by atoms with Crippen LogP contribution in [0.15, 0.2) is 24.3 Å². The summed E-state index contributed by atoms with van der Waals surface area (Å²) >= 11 is 0. The minimum atomic E-state index is -2.73. The van der Waals surface area contributed by atoms with Gasteiger partial charge in [-0.3, -0.25) is 9.52 Å². The Labute approximate surface area is 173 Å². The van der Waals surface area contributed by atoms with Crippen molar-refractivity contribution in [3.8, 4) is 0 Å². The number of carbonyl (C=O) groups is 2. The van der Waals surface area contributed by atoms with Crippen LogP contribution in [0.25, 0.3) is 0 Å². The molecule has 0 spiro atoms. The molecule has 1 aliphatic carbocycles. The lowest BCUT2D eigenvalue weighted by molar-refractivity contribution is 0.0403. The van der Waals surface area contributed by atoms with E-state index in [9.17, 15) is 18.0 Å². The van der Waals surface area contributed by atoms with Crippen LogP contribution >= 0.6 is 0 Å². The highest BCUT2D eigenvalue weighted by Crippen LogP contribution is 2.27. The molecule has 2 fully saturated rings.